The summed E-state index contributed by atoms with van der Waals surface area (Å²) in [5.74, 6) is -0.136. The van der Waals surface area contributed by atoms with Crippen LogP contribution in [0.1, 0.15) is 36.9 Å². The molecule has 1 saturated heterocycles. The van der Waals surface area contributed by atoms with Gasteiger partial charge in [0.2, 0.25) is 0 Å². The molecule has 0 spiro atoms. The minimum Gasteiger partial charge on any atom is -0.326 e. The van der Waals surface area contributed by atoms with E-state index in [4.69, 9.17) is 0 Å². The molecule has 0 unspecified atom stereocenters. The molecule has 26 heavy (non-hydrogen) atoms. The van der Waals surface area contributed by atoms with Gasteiger partial charge in [0.1, 0.15) is 6.04 Å². The lowest BCUT2D eigenvalue weighted by Gasteiger charge is -2.31. The molecule has 0 radical (unpaired) electrons. The van der Waals surface area contributed by atoms with Crippen LogP contribution in [-0.4, -0.2) is 41.5 Å². The number of rotatable bonds is 7. The molecule has 5 heteroatoms. The van der Waals surface area contributed by atoms with E-state index in [1.54, 1.807) is 0 Å². The molecule has 136 valence electrons. The highest BCUT2D eigenvalue weighted by molar-refractivity contribution is 6.04. The average molecular weight is 351 g/mol. The number of carbonyl (C=O) groups is 2. The summed E-state index contributed by atoms with van der Waals surface area (Å²) in [5, 5.41) is 2.79. The van der Waals surface area contributed by atoms with Crippen LogP contribution in [0, 0.1) is 0 Å². The molecule has 0 aromatic heterocycles. The molecule has 2 aromatic rings. The first-order valence-corrected chi connectivity index (χ1v) is 9.03. The average Bonchev–Trinajstić information content (AvgIpc) is 2.92. The van der Waals surface area contributed by atoms with E-state index in [0.717, 1.165) is 17.5 Å². The molecular formula is C21H25N3O2. The van der Waals surface area contributed by atoms with E-state index >= 15 is 0 Å². The Labute approximate surface area is 154 Å². The van der Waals surface area contributed by atoms with Crippen molar-refractivity contribution in [3.63, 3.8) is 0 Å². The molecule has 0 saturated carbocycles. The number of hydrogen-bond acceptors (Lipinski definition) is 3. The Morgan fingerprint density at radius 3 is 2.04 bits per heavy atom. The fraction of sp³-hybridized carbons (Fsp3) is 0.333. The van der Waals surface area contributed by atoms with Gasteiger partial charge in [-0.2, -0.15) is 0 Å². The van der Waals surface area contributed by atoms with Crippen LogP contribution < -0.4 is 5.32 Å². The molecule has 1 heterocycles. The Morgan fingerprint density at radius 2 is 1.54 bits per heavy atom. The molecule has 5 nitrogen and oxygen atoms in total. The minimum atomic E-state index is -0.396. The van der Waals surface area contributed by atoms with Crippen molar-refractivity contribution in [2.75, 3.05) is 13.7 Å². The van der Waals surface area contributed by atoms with Crippen molar-refractivity contribution >= 4 is 11.9 Å². The first-order valence-electron chi connectivity index (χ1n) is 9.03. The highest BCUT2D eigenvalue weighted by Gasteiger charge is 2.38. The summed E-state index contributed by atoms with van der Waals surface area (Å²) in [7, 11) is 1.94. The molecule has 1 aliphatic heterocycles. The molecule has 0 aliphatic carbocycles. The molecule has 1 atom stereocenters. The Balaban J connectivity index is 1.84. The van der Waals surface area contributed by atoms with Crippen LogP contribution >= 0.6 is 0 Å². The predicted molar refractivity (Wildman–Crippen MR) is 101 cm³/mol. The second-order valence-corrected chi connectivity index (χ2v) is 6.68. The van der Waals surface area contributed by atoms with E-state index in [1.165, 1.54) is 4.90 Å². The third-order valence-electron chi connectivity index (χ3n) is 4.72. The van der Waals surface area contributed by atoms with Gasteiger partial charge in [-0.05, 0) is 24.6 Å². The van der Waals surface area contributed by atoms with Crippen molar-refractivity contribution in [1.29, 1.82) is 0 Å². The summed E-state index contributed by atoms with van der Waals surface area (Å²) in [5.41, 5.74) is 2.25. The quantitative estimate of drug-likeness (QED) is 0.778. The van der Waals surface area contributed by atoms with Crippen LogP contribution in [0.3, 0.4) is 0 Å². The SMILES string of the molecule is CCC[C@@H]1NC(=O)N(CN(C)C(c2ccccc2)c2ccccc2)C1=O. The van der Waals surface area contributed by atoms with Crippen molar-refractivity contribution in [3.05, 3.63) is 71.8 Å². The lowest BCUT2D eigenvalue weighted by molar-refractivity contribution is -0.129. The summed E-state index contributed by atoms with van der Waals surface area (Å²) in [4.78, 5) is 28.2. The zero-order valence-electron chi connectivity index (χ0n) is 15.3. The van der Waals surface area contributed by atoms with Crippen LogP contribution in [0.5, 0.6) is 0 Å². The topological polar surface area (TPSA) is 52.7 Å². The predicted octanol–water partition coefficient (Wildman–Crippen LogP) is 3.39. The zero-order chi connectivity index (χ0) is 18.5. The molecule has 1 fully saturated rings. The largest absolute Gasteiger partial charge is 0.326 e. The monoisotopic (exact) mass is 351 g/mol. The van der Waals surface area contributed by atoms with Crippen LogP contribution in [0.2, 0.25) is 0 Å². The minimum absolute atomic E-state index is 0.0387. The van der Waals surface area contributed by atoms with Crippen LogP contribution in [-0.2, 0) is 4.79 Å². The Morgan fingerprint density at radius 1 is 1.00 bits per heavy atom. The number of carbonyl (C=O) groups excluding carboxylic acids is 2. The number of hydrogen-bond donors (Lipinski definition) is 1. The Kier molecular flexibility index (Phi) is 5.68. The smallest absolute Gasteiger partial charge is 0.325 e. The van der Waals surface area contributed by atoms with Gasteiger partial charge in [0, 0.05) is 0 Å². The lowest BCUT2D eigenvalue weighted by Crippen LogP contribution is -2.42. The number of benzene rings is 2. The van der Waals surface area contributed by atoms with Gasteiger partial charge in [-0.1, -0.05) is 74.0 Å². The summed E-state index contributed by atoms with van der Waals surface area (Å²) in [6.45, 7) is 2.26. The van der Waals surface area contributed by atoms with E-state index in [-0.39, 0.29) is 24.6 Å². The van der Waals surface area contributed by atoms with E-state index in [9.17, 15) is 9.59 Å². The van der Waals surface area contributed by atoms with Gasteiger partial charge in [-0.25, -0.2) is 9.69 Å². The van der Waals surface area contributed by atoms with E-state index in [2.05, 4.69) is 29.6 Å². The fourth-order valence-corrected chi connectivity index (χ4v) is 3.47. The van der Waals surface area contributed by atoms with Crippen molar-refractivity contribution in [3.8, 4) is 0 Å². The van der Waals surface area contributed by atoms with Gasteiger partial charge < -0.3 is 5.32 Å². The molecule has 1 N–H and O–H groups in total. The number of urea groups is 1. The maximum Gasteiger partial charge on any atom is 0.325 e. The first kappa shape index (κ1) is 18.1. The van der Waals surface area contributed by atoms with Crippen LogP contribution in [0.25, 0.3) is 0 Å². The van der Waals surface area contributed by atoms with Crippen LogP contribution in [0.4, 0.5) is 4.79 Å². The van der Waals surface area contributed by atoms with Crippen molar-refractivity contribution in [2.45, 2.75) is 31.8 Å². The molecule has 3 amide bonds. The standard InChI is InChI=1S/C21H25N3O2/c1-3-10-18-20(25)24(21(26)22-18)15-23(2)19(16-11-6-4-7-12-16)17-13-8-5-9-14-17/h4-9,11-14,18-19H,3,10,15H2,1-2H3,(H,22,26)/t18-/m0/s1. The van der Waals surface area contributed by atoms with Gasteiger partial charge in [-0.15, -0.1) is 0 Å². The van der Waals surface area contributed by atoms with Gasteiger partial charge in [0.15, 0.2) is 0 Å². The molecule has 3 rings (SSSR count). The maximum absolute atomic E-state index is 12.6. The first-order chi connectivity index (χ1) is 12.6. The summed E-state index contributed by atoms with van der Waals surface area (Å²) >= 11 is 0. The van der Waals surface area contributed by atoms with E-state index in [0.29, 0.717) is 6.42 Å². The zero-order valence-corrected chi connectivity index (χ0v) is 15.3. The lowest BCUT2D eigenvalue weighted by atomic mass is 9.98. The molecule has 1 aliphatic rings. The van der Waals surface area contributed by atoms with E-state index < -0.39 is 6.04 Å². The van der Waals surface area contributed by atoms with Gasteiger partial charge in [-0.3, -0.25) is 9.69 Å². The Bertz CT molecular complexity index is 709. The fourth-order valence-electron chi connectivity index (χ4n) is 3.47. The van der Waals surface area contributed by atoms with E-state index in [1.807, 2.05) is 55.3 Å². The van der Waals surface area contributed by atoms with Gasteiger partial charge in [0.25, 0.3) is 5.91 Å². The summed E-state index contributed by atoms with van der Waals surface area (Å²) in [6, 6.07) is 19.5. The normalized spacial score (nSPS) is 17.2. The molecular weight excluding hydrogens is 326 g/mol. The van der Waals surface area contributed by atoms with Crippen molar-refractivity contribution < 1.29 is 9.59 Å². The Hall–Kier alpha value is -2.66. The second-order valence-electron chi connectivity index (χ2n) is 6.68. The van der Waals surface area contributed by atoms with Gasteiger partial charge >= 0.3 is 6.03 Å². The van der Waals surface area contributed by atoms with Crippen LogP contribution in [0.15, 0.2) is 60.7 Å². The highest BCUT2D eigenvalue weighted by atomic mass is 16.2. The summed E-state index contributed by atoms with van der Waals surface area (Å²) < 4.78 is 0. The maximum atomic E-state index is 12.6. The number of imide groups is 1. The highest BCUT2D eigenvalue weighted by Crippen LogP contribution is 2.28. The second kappa shape index (κ2) is 8.15. The number of amides is 3. The third kappa shape index (κ3) is 3.78. The third-order valence-corrected chi connectivity index (χ3v) is 4.72. The van der Waals surface area contributed by atoms with Gasteiger partial charge in [0.05, 0.1) is 12.7 Å². The molecule has 2 aromatic carbocycles. The number of nitrogens with one attached hydrogen (secondary N) is 1. The summed E-state index contributed by atoms with van der Waals surface area (Å²) in [6.07, 6.45) is 1.53. The number of nitrogens with zero attached hydrogens (tertiary/aromatic N) is 2. The van der Waals surface area contributed by atoms with Crippen molar-refractivity contribution in [2.24, 2.45) is 0 Å². The van der Waals surface area contributed by atoms with Crippen molar-refractivity contribution in [1.82, 2.24) is 15.1 Å². The molecule has 0 bridgehead atoms.